The number of nitrogens with one attached hydrogen (secondary N) is 1. The molecule has 0 aliphatic rings. The third-order valence-electron chi connectivity index (χ3n) is 5.12. The minimum Gasteiger partial charge on any atom is -0.340 e. The molecule has 0 aliphatic carbocycles. The van der Waals surface area contributed by atoms with Gasteiger partial charge in [0.05, 0.1) is 12.2 Å². The number of halogens is 1. The number of rotatable bonds is 4. The van der Waals surface area contributed by atoms with Crippen molar-refractivity contribution in [1.82, 2.24) is 28.5 Å². The Bertz CT molecular complexity index is 1620. The molecule has 0 atom stereocenters. The maximum atomic E-state index is 13.9. The molecule has 0 saturated heterocycles. The van der Waals surface area contributed by atoms with E-state index in [0.29, 0.717) is 34.1 Å². The number of fused-ring (bicyclic) bond motifs is 2. The van der Waals surface area contributed by atoms with Gasteiger partial charge < -0.3 is 5.32 Å². The second-order valence-electron chi connectivity index (χ2n) is 7.46. The summed E-state index contributed by atoms with van der Waals surface area (Å²) in [6.07, 6.45) is 1.63. The van der Waals surface area contributed by atoms with Crippen molar-refractivity contribution in [3.63, 3.8) is 0 Å². The molecular formula is C22H18FN7O2. The van der Waals surface area contributed by atoms with Crippen LogP contribution in [0.3, 0.4) is 0 Å². The summed E-state index contributed by atoms with van der Waals surface area (Å²) in [5.41, 5.74) is 1.94. The highest BCUT2D eigenvalue weighted by molar-refractivity contribution is 5.58. The van der Waals surface area contributed by atoms with Crippen LogP contribution in [0.15, 0.2) is 64.3 Å². The third kappa shape index (κ3) is 3.41. The predicted octanol–water partition coefficient (Wildman–Crippen LogP) is 2.45. The van der Waals surface area contributed by atoms with Gasteiger partial charge in [-0.3, -0.25) is 9.20 Å². The lowest BCUT2D eigenvalue weighted by molar-refractivity contribution is 0.619. The molecule has 0 unspecified atom stereocenters. The Balaban J connectivity index is 1.52. The first-order valence-electron chi connectivity index (χ1n) is 9.87. The molecule has 9 nitrogen and oxygen atoms in total. The van der Waals surface area contributed by atoms with Crippen molar-refractivity contribution < 1.29 is 4.39 Å². The Morgan fingerprint density at radius 3 is 2.69 bits per heavy atom. The Morgan fingerprint density at radius 2 is 1.88 bits per heavy atom. The largest absolute Gasteiger partial charge is 0.352 e. The van der Waals surface area contributed by atoms with Gasteiger partial charge in [-0.05, 0) is 43.7 Å². The molecule has 4 heterocycles. The van der Waals surface area contributed by atoms with Crippen molar-refractivity contribution in [2.45, 2.75) is 20.4 Å². The van der Waals surface area contributed by atoms with Gasteiger partial charge in [-0.15, -0.1) is 5.10 Å². The molecule has 0 spiro atoms. The highest BCUT2D eigenvalue weighted by Gasteiger charge is 2.14. The average molecular weight is 431 g/mol. The highest BCUT2D eigenvalue weighted by Crippen LogP contribution is 2.19. The summed E-state index contributed by atoms with van der Waals surface area (Å²) in [4.78, 5) is 34.0. The van der Waals surface area contributed by atoms with Crippen molar-refractivity contribution in [3.8, 4) is 0 Å². The van der Waals surface area contributed by atoms with E-state index < -0.39 is 5.69 Å². The van der Waals surface area contributed by atoms with Gasteiger partial charge in [0.25, 0.3) is 11.3 Å². The number of hydrogen-bond acceptors (Lipinski definition) is 6. The quantitative estimate of drug-likeness (QED) is 0.469. The highest BCUT2D eigenvalue weighted by atomic mass is 19.1. The van der Waals surface area contributed by atoms with E-state index in [4.69, 9.17) is 0 Å². The second-order valence-corrected chi connectivity index (χ2v) is 7.46. The number of hydrogen-bond donors (Lipinski definition) is 1. The van der Waals surface area contributed by atoms with Crippen LogP contribution in [-0.2, 0) is 6.54 Å². The van der Waals surface area contributed by atoms with Crippen LogP contribution in [-0.4, -0.2) is 28.5 Å². The summed E-state index contributed by atoms with van der Waals surface area (Å²) in [6, 6.07) is 13.1. The Labute approximate surface area is 180 Å². The van der Waals surface area contributed by atoms with E-state index in [1.807, 2.05) is 0 Å². The van der Waals surface area contributed by atoms with Gasteiger partial charge in [-0.25, -0.2) is 23.3 Å². The van der Waals surface area contributed by atoms with Crippen molar-refractivity contribution >= 4 is 22.9 Å². The minimum absolute atomic E-state index is 0.0220. The fraction of sp³-hybridized carbons (Fsp3) is 0.136. The molecule has 160 valence electrons. The lowest BCUT2D eigenvalue weighted by atomic mass is 10.2. The molecule has 0 radical (unpaired) electrons. The molecule has 0 saturated carbocycles. The van der Waals surface area contributed by atoms with Gasteiger partial charge in [-0.2, -0.15) is 4.98 Å². The molecule has 0 bridgehead atoms. The van der Waals surface area contributed by atoms with Gasteiger partial charge in [0.1, 0.15) is 17.3 Å². The van der Waals surface area contributed by atoms with E-state index in [-0.39, 0.29) is 23.7 Å². The number of nitrogens with zero attached hydrogens (tertiary/aromatic N) is 6. The van der Waals surface area contributed by atoms with Crippen LogP contribution in [0.2, 0.25) is 0 Å². The minimum atomic E-state index is -0.395. The molecule has 0 amide bonds. The van der Waals surface area contributed by atoms with E-state index in [1.165, 1.54) is 25.6 Å². The van der Waals surface area contributed by atoms with Crippen LogP contribution in [0.1, 0.15) is 17.0 Å². The summed E-state index contributed by atoms with van der Waals surface area (Å²) in [5.74, 6) is 0.284. The first-order chi connectivity index (χ1) is 15.4. The van der Waals surface area contributed by atoms with E-state index in [9.17, 15) is 14.0 Å². The van der Waals surface area contributed by atoms with Crippen LogP contribution in [0.5, 0.6) is 0 Å². The summed E-state index contributed by atoms with van der Waals surface area (Å²) in [5, 5.41) is 7.34. The number of pyridine rings is 1. The summed E-state index contributed by atoms with van der Waals surface area (Å²) in [6.45, 7) is 3.46. The maximum absolute atomic E-state index is 13.9. The summed E-state index contributed by atoms with van der Waals surface area (Å²) in [7, 11) is 0. The van der Waals surface area contributed by atoms with Gasteiger partial charge in [0, 0.05) is 29.7 Å². The van der Waals surface area contributed by atoms with Gasteiger partial charge >= 0.3 is 5.69 Å². The molecule has 0 aliphatic heterocycles. The molecular weight excluding hydrogens is 413 g/mol. The molecule has 1 aromatic carbocycles. The van der Waals surface area contributed by atoms with Crippen LogP contribution >= 0.6 is 0 Å². The standard InChI is InChI=1S/C22H18FN7O2/c1-13-6-7-15(10-17(13)23)24-18-9-14(2)30-21(26-18)27-29(22(30)32)12-16-11-20(31)28-8-4-3-5-19(28)25-16/h3-11H,12H2,1-2H3,(H,24,26,27). The van der Waals surface area contributed by atoms with Gasteiger partial charge in [-0.1, -0.05) is 12.1 Å². The summed E-state index contributed by atoms with van der Waals surface area (Å²) < 4.78 is 17.9. The second kappa shape index (κ2) is 7.41. The zero-order valence-corrected chi connectivity index (χ0v) is 17.3. The van der Waals surface area contributed by atoms with E-state index >= 15 is 0 Å². The Morgan fingerprint density at radius 1 is 1.03 bits per heavy atom. The summed E-state index contributed by atoms with van der Waals surface area (Å²) >= 11 is 0. The first kappa shape index (κ1) is 19.6. The molecule has 10 heteroatoms. The fourth-order valence-corrected chi connectivity index (χ4v) is 3.50. The van der Waals surface area contributed by atoms with Crippen LogP contribution in [0, 0.1) is 19.7 Å². The average Bonchev–Trinajstić information content (AvgIpc) is 3.06. The van der Waals surface area contributed by atoms with Crippen LogP contribution in [0.25, 0.3) is 11.4 Å². The Hall–Kier alpha value is -4.34. The number of benzene rings is 1. The van der Waals surface area contributed by atoms with Crippen LogP contribution < -0.4 is 16.6 Å². The van der Waals surface area contributed by atoms with Crippen molar-refractivity contribution in [3.05, 3.63) is 98.3 Å². The molecule has 5 aromatic rings. The first-order valence-corrected chi connectivity index (χ1v) is 9.87. The third-order valence-corrected chi connectivity index (χ3v) is 5.12. The Kier molecular flexibility index (Phi) is 4.54. The lowest BCUT2D eigenvalue weighted by Crippen LogP contribution is -2.24. The van der Waals surface area contributed by atoms with E-state index in [2.05, 4.69) is 20.4 Å². The molecule has 0 fully saturated rings. The van der Waals surface area contributed by atoms with Crippen LogP contribution in [0.4, 0.5) is 15.9 Å². The smallest absolute Gasteiger partial charge is 0.340 e. The lowest BCUT2D eigenvalue weighted by Gasteiger charge is -2.08. The SMILES string of the molecule is Cc1ccc(Nc2cc(C)n3c(=O)n(Cc4cc(=O)n5ccccc5n4)nc3n2)cc1F. The van der Waals surface area contributed by atoms with Gasteiger partial charge in [0.2, 0.25) is 0 Å². The van der Waals surface area contributed by atoms with Crippen molar-refractivity contribution in [2.75, 3.05) is 5.32 Å². The molecule has 4 aromatic heterocycles. The number of aryl methyl sites for hydroxylation is 2. The fourth-order valence-electron chi connectivity index (χ4n) is 3.50. The van der Waals surface area contributed by atoms with Crippen molar-refractivity contribution in [1.29, 1.82) is 0 Å². The molecule has 32 heavy (non-hydrogen) atoms. The maximum Gasteiger partial charge on any atom is 0.352 e. The molecule has 5 rings (SSSR count). The number of aromatic nitrogens is 6. The number of anilines is 2. The van der Waals surface area contributed by atoms with E-state index in [0.717, 1.165) is 0 Å². The van der Waals surface area contributed by atoms with E-state index in [1.54, 1.807) is 56.4 Å². The normalized spacial score (nSPS) is 11.3. The van der Waals surface area contributed by atoms with Gasteiger partial charge in [0.15, 0.2) is 0 Å². The molecule has 1 N–H and O–H groups in total. The topological polar surface area (TPSA) is 98.6 Å². The zero-order chi connectivity index (χ0) is 22.4. The predicted molar refractivity (Wildman–Crippen MR) is 117 cm³/mol. The monoisotopic (exact) mass is 431 g/mol. The van der Waals surface area contributed by atoms with Crippen molar-refractivity contribution in [2.24, 2.45) is 0 Å². The zero-order valence-electron chi connectivity index (χ0n) is 17.3.